The molecule has 2 aliphatic heterocycles. The van der Waals surface area contributed by atoms with Gasteiger partial charge in [-0.15, -0.1) is 11.8 Å². The van der Waals surface area contributed by atoms with Gasteiger partial charge in [-0.05, 0) is 67.9 Å². The fraction of sp³-hybridized carbons (Fsp3) is 0.800. The molecule has 38 heavy (non-hydrogen) atoms. The predicted octanol–water partition coefficient (Wildman–Crippen LogP) is 4.74. The molecule has 216 valence electrons. The topological polar surface area (TPSA) is 122 Å². The van der Waals surface area contributed by atoms with Gasteiger partial charge < -0.3 is 25.4 Å². The van der Waals surface area contributed by atoms with Crippen LogP contribution in [0.2, 0.25) is 0 Å². The molecule has 7 nitrogen and oxygen atoms in total. The number of allylic oxidation sites excluding steroid dienone is 1. The fourth-order valence-electron chi connectivity index (χ4n) is 5.87. The van der Waals surface area contributed by atoms with Crippen molar-refractivity contribution in [3.8, 4) is 0 Å². The summed E-state index contributed by atoms with van der Waals surface area (Å²) in [5.41, 5.74) is 6.16. The Bertz CT molecular complexity index is 947. The van der Waals surface area contributed by atoms with E-state index in [1.54, 1.807) is 32.5 Å². The van der Waals surface area contributed by atoms with Crippen molar-refractivity contribution in [3.63, 3.8) is 0 Å². The van der Waals surface area contributed by atoms with Gasteiger partial charge in [0.15, 0.2) is 0 Å². The smallest absolute Gasteiger partial charge is 0.309 e. The number of ketones is 1. The second kappa shape index (κ2) is 12.0. The van der Waals surface area contributed by atoms with E-state index < -0.39 is 35.6 Å². The standard InChI is InChI=1S/C30H49NO6S/c1-9-17(3)38-15-21(31)10-16(2)23-12-25-30(8,37-25)14-20-11-22(20)18(4)27(34)19(5)28(35)29(6,7)24(32)13-26(33)36-23/h10,15,17-20,22-25,27,32,34H,9,11-14,31H2,1-8H3/b16-10+,21-15-/t17?,18-,19+,20?,22?,23-,24-,25?,27-,30?/m0/s1. The highest BCUT2D eigenvalue weighted by molar-refractivity contribution is 8.02. The lowest BCUT2D eigenvalue weighted by atomic mass is 9.72. The van der Waals surface area contributed by atoms with Crippen molar-refractivity contribution >= 4 is 23.5 Å². The summed E-state index contributed by atoms with van der Waals surface area (Å²) in [5.74, 6) is -0.745. The van der Waals surface area contributed by atoms with Gasteiger partial charge in [0.2, 0.25) is 0 Å². The molecule has 4 N–H and O–H groups in total. The number of ether oxygens (including phenoxy) is 2. The van der Waals surface area contributed by atoms with Crippen molar-refractivity contribution in [2.24, 2.45) is 34.8 Å². The Kier molecular flexibility index (Phi) is 9.87. The third kappa shape index (κ3) is 7.23. The second-order valence-corrected chi connectivity index (χ2v) is 14.1. The van der Waals surface area contributed by atoms with E-state index in [1.807, 2.05) is 25.3 Å². The largest absolute Gasteiger partial charge is 0.458 e. The number of esters is 1. The Morgan fingerprint density at radius 3 is 2.50 bits per heavy atom. The minimum Gasteiger partial charge on any atom is -0.458 e. The predicted molar refractivity (Wildman–Crippen MR) is 151 cm³/mol. The quantitative estimate of drug-likeness (QED) is 0.254. The summed E-state index contributed by atoms with van der Waals surface area (Å²) < 4.78 is 12.1. The van der Waals surface area contributed by atoms with Crippen molar-refractivity contribution in [1.82, 2.24) is 0 Å². The molecule has 0 radical (unpaired) electrons. The summed E-state index contributed by atoms with van der Waals surface area (Å²) >= 11 is 1.67. The number of carbonyl (C=O) groups is 2. The molecular formula is C30H49NO6S. The normalized spacial score (nSPS) is 41.5. The molecule has 0 aromatic carbocycles. The van der Waals surface area contributed by atoms with Crippen molar-refractivity contribution < 1.29 is 29.3 Å². The molecule has 0 aromatic rings. The van der Waals surface area contributed by atoms with Gasteiger partial charge in [-0.3, -0.25) is 9.59 Å². The molecule has 2 saturated heterocycles. The molecule has 1 aliphatic carbocycles. The van der Waals surface area contributed by atoms with Crippen LogP contribution in [0.5, 0.6) is 0 Å². The first-order chi connectivity index (χ1) is 17.6. The van der Waals surface area contributed by atoms with Crippen LogP contribution in [0.4, 0.5) is 0 Å². The van der Waals surface area contributed by atoms with Crippen LogP contribution >= 0.6 is 11.8 Å². The Morgan fingerprint density at radius 2 is 1.87 bits per heavy atom. The Balaban J connectivity index is 1.85. The molecule has 0 spiro atoms. The molecule has 3 fully saturated rings. The maximum atomic E-state index is 13.4. The first kappa shape index (κ1) is 31.2. The molecule has 3 aliphatic rings. The van der Waals surface area contributed by atoms with Crippen molar-refractivity contribution in [1.29, 1.82) is 0 Å². The van der Waals surface area contributed by atoms with E-state index in [0.29, 0.717) is 29.2 Å². The van der Waals surface area contributed by atoms with E-state index in [2.05, 4.69) is 20.8 Å². The highest BCUT2D eigenvalue weighted by Crippen LogP contribution is 2.56. The maximum absolute atomic E-state index is 13.4. The zero-order valence-corrected chi connectivity index (χ0v) is 25.2. The van der Waals surface area contributed by atoms with Gasteiger partial charge in [0.1, 0.15) is 11.9 Å². The average molecular weight is 552 g/mol. The van der Waals surface area contributed by atoms with E-state index in [0.717, 1.165) is 24.8 Å². The van der Waals surface area contributed by atoms with Gasteiger partial charge in [-0.25, -0.2) is 0 Å². The van der Waals surface area contributed by atoms with Gasteiger partial charge in [-0.2, -0.15) is 0 Å². The SMILES string of the molecule is CCC(C)S/C=C(N)/C=C(\C)[C@@H]1CC2OC2(C)CC2CC2[C@H](C)[C@H](O)[C@@H](C)C(=O)C(C)(C)[C@@H](O)CC(=O)O1. The number of rotatable bonds is 5. The van der Waals surface area contributed by atoms with Gasteiger partial charge in [0, 0.05) is 23.3 Å². The van der Waals surface area contributed by atoms with E-state index >= 15 is 0 Å². The first-order valence-corrected chi connectivity index (χ1v) is 15.1. The molecule has 0 amide bonds. The van der Waals surface area contributed by atoms with Crippen LogP contribution < -0.4 is 5.73 Å². The van der Waals surface area contributed by atoms with E-state index in [1.165, 1.54) is 0 Å². The summed E-state index contributed by atoms with van der Waals surface area (Å²) in [7, 11) is 0. The highest BCUT2D eigenvalue weighted by Gasteiger charge is 2.58. The Labute approximate surface area is 233 Å². The van der Waals surface area contributed by atoms with Crippen LogP contribution in [0.15, 0.2) is 22.8 Å². The zero-order chi connectivity index (χ0) is 28.6. The molecule has 10 atom stereocenters. The molecule has 2 heterocycles. The second-order valence-electron chi connectivity index (χ2n) is 12.8. The number of carbonyl (C=O) groups excluding carboxylic acids is 2. The Hall–Kier alpha value is -1.35. The molecule has 3 rings (SSSR count). The van der Waals surface area contributed by atoms with Crippen LogP contribution in [0.3, 0.4) is 0 Å². The van der Waals surface area contributed by atoms with E-state index in [4.69, 9.17) is 15.2 Å². The lowest BCUT2D eigenvalue weighted by Gasteiger charge is -2.34. The average Bonchev–Trinajstić information content (AvgIpc) is 3.75. The van der Waals surface area contributed by atoms with Gasteiger partial charge >= 0.3 is 5.97 Å². The molecule has 8 heteroatoms. The van der Waals surface area contributed by atoms with Gasteiger partial charge in [-0.1, -0.05) is 41.5 Å². The van der Waals surface area contributed by atoms with Crippen LogP contribution in [0.1, 0.15) is 87.5 Å². The van der Waals surface area contributed by atoms with E-state index in [-0.39, 0.29) is 29.8 Å². The summed E-state index contributed by atoms with van der Waals surface area (Å²) in [4.78, 5) is 26.4. The number of aliphatic hydroxyl groups excluding tert-OH is 2. The lowest BCUT2D eigenvalue weighted by Crippen LogP contribution is -2.46. The first-order valence-electron chi connectivity index (χ1n) is 14.2. The van der Waals surface area contributed by atoms with Crippen molar-refractivity contribution in [3.05, 3.63) is 22.8 Å². The molecule has 1 saturated carbocycles. The van der Waals surface area contributed by atoms with Crippen LogP contribution in [-0.4, -0.2) is 57.2 Å². The van der Waals surface area contributed by atoms with Crippen molar-refractivity contribution in [2.75, 3.05) is 0 Å². The fourth-order valence-corrected chi connectivity index (χ4v) is 6.52. The minimum atomic E-state index is -1.24. The summed E-state index contributed by atoms with van der Waals surface area (Å²) in [6.07, 6.45) is 2.30. The number of epoxide rings is 1. The number of cyclic esters (lactones) is 1. The maximum Gasteiger partial charge on any atom is 0.309 e. The number of thioether (sulfide) groups is 1. The number of Topliss-reactive ketones (excluding diaryl/α,β-unsaturated/α-hetero) is 1. The highest BCUT2D eigenvalue weighted by atomic mass is 32.2. The Morgan fingerprint density at radius 1 is 1.21 bits per heavy atom. The number of aliphatic hydroxyl groups is 2. The molecule has 0 bridgehead atoms. The number of hydrogen-bond donors (Lipinski definition) is 3. The minimum absolute atomic E-state index is 0.0356. The van der Waals surface area contributed by atoms with E-state index in [9.17, 15) is 19.8 Å². The summed E-state index contributed by atoms with van der Waals surface area (Å²) in [6.45, 7) is 15.3. The van der Waals surface area contributed by atoms with Crippen LogP contribution in [0, 0.1) is 29.1 Å². The molecule has 0 aromatic heterocycles. The molecular weight excluding hydrogens is 502 g/mol. The van der Waals surface area contributed by atoms with Crippen LogP contribution in [-0.2, 0) is 19.1 Å². The number of hydrogen-bond acceptors (Lipinski definition) is 8. The van der Waals surface area contributed by atoms with Crippen LogP contribution in [0.25, 0.3) is 0 Å². The summed E-state index contributed by atoms with van der Waals surface area (Å²) in [5, 5.41) is 24.4. The van der Waals surface area contributed by atoms with Crippen molar-refractivity contribution in [2.45, 2.75) is 123 Å². The molecule has 5 unspecified atom stereocenters. The van der Waals surface area contributed by atoms with Gasteiger partial charge in [0.05, 0.1) is 35.7 Å². The lowest BCUT2D eigenvalue weighted by molar-refractivity contribution is -0.154. The monoisotopic (exact) mass is 551 g/mol. The number of fused-ring (bicyclic) bond motifs is 2. The summed E-state index contributed by atoms with van der Waals surface area (Å²) in [6, 6.07) is 0. The zero-order valence-electron chi connectivity index (χ0n) is 24.4. The van der Waals surface area contributed by atoms with Gasteiger partial charge in [0.25, 0.3) is 0 Å². The third-order valence-electron chi connectivity index (χ3n) is 9.26. The third-order valence-corrected chi connectivity index (χ3v) is 10.5. The number of nitrogens with two attached hydrogens (primary N) is 1.